The zero-order chi connectivity index (χ0) is 24.0. The molecular weight excluding hydrogens is 468 g/mol. The minimum atomic E-state index is -4.02. The Morgan fingerprint density at radius 3 is 2.73 bits per heavy atom. The Morgan fingerprint density at radius 2 is 2.03 bits per heavy atom. The van der Waals surface area contributed by atoms with Crippen molar-refractivity contribution in [3.63, 3.8) is 0 Å². The van der Waals surface area contributed by atoms with E-state index in [1.807, 2.05) is 4.72 Å². The number of sulfonamides is 1. The van der Waals surface area contributed by atoms with E-state index in [1.165, 1.54) is 24.3 Å². The van der Waals surface area contributed by atoms with Crippen molar-refractivity contribution in [3.8, 4) is 11.6 Å². The van der Waals surface area contributed by atoms with Crippen molar-refractivity contribution in [2.45, 2.75) is 37.4 Å². The Hall–Kier alpha value is -2.93. The lowest BCUT2D eigenvalue weighted by Gasteiger charge is -2.28. The molecule has 1 fully saturated rings. The monoisotopic (exact) mass is 488 g/mol. The van der Waals surface area contributed by atoms with Gasteiger partial charge in [0.2, 0.25) is 15.9 Å². The van der Waals surface area contributed by atoms with Crippen LogP contribution in [0.5, 0.6) is 11.6 Å². The molecule has 2 N–H and O–H groups in total. The second kappa shape index (κ2) is 8.45. The van der Waals surface area contributed by atoms with Gasteiger partial charge in [-0.1, -0.05) is 12.1 Å². The van der Waals surface area contributed by atoms with Gasteiger partial charge >= 0.3 is 6.03 Å². The largest absolute Gasteiger partial charge is 0.439 e. The standard InChI is InChI=1S/C20H20F4N4O4S/c1-33(30,31)27-16-15-8-11-3-2-4-13(7-11)32-18-14(17(21)22)6-5-12(26-18)9-25-19(29)28(15)10-20(16,23)24/h2-7,15-17,27H,8-10H2,1H3,(H,25,29)/t15-,16+/m0/s1. The summed E-state index contributed by atoms with van der Waals surface area (Å²) in [6, 6.07) is 4.49. The molecule has 8 nitrogen and oxygen atoms in total. The Morgan fingerprint density at radius 1 is 1.27 bits per heavy atom. The van der Waals surface area contributed by atoms with E-state index in [0.29, 0.717) is 5.56 Å². The zero-order valence-electron chi connectivity index (χ0n) is 17.3. The van der Waals surface area contributed by atoms with Crippen molar-refractivity contribution in [3.05, 3.63) is 53.2 Å². The summed E-state index contributed by atoms with van der Waals surface area (Å²) in [5.41, 5.74) is 0.164. The lowest BCUT2D eigenvalue weighted by atomic mass is 9.99. The van der Waals surface area contributed by atoms with Crippen LogP contribution in [0.2, 0.25) is 0 Å². The Bertz CT molecular complexity index is 1180. The van der Waals surface area contributed by atoms with Gasteiger partial charge in [-0.05, 0) is 36.2 Å². The van der Waals surface area contributed by atoms with E-state index in [4.69, 9.17) is 4.74 Å². The number of aromatic nitrogens is 1. The lowest BCUT2D eigenvalue weighted by Crippen LogP contribution is -2.53. The highest BCUT2D eigenvalue weighted by atomic mass is 32.2. The van der Waals surface area contributed by atoms with Crippen molar-refractivity contribution < 1.29 is 35.5 Å². The van der Waals surface area contributed by atoms with Gasteiger partial charge in [-0.2, -0.15) is 0 Å². The fraction of sp³-hybridized carbons (Fsp3) is 0.400. The van der Waals surface area contributed by atoms with Gasteiger partial charge in [-0.15, -0.1) is 0 Å². The van der Waals surface area contributed by atoms with Crippen LogP contribution in [0.1, 0.15) is 23.2 Å². The van der Waals surface area contributed by atoms with Crippen LogP contribution in [0.3, 0.4) is 0 Å². The molecule has 1 aromatic carbocycles. The maximum Gasteiger partial charge on any atom is 0.318 e. The SMILES string of the molecule is CS(=O)(=O)N[C@@H]1[C@@H]2Cc3cccc(c3)Oc3nc(ccc3C(F)F)CNC(=O)N2CC1(F)F. The number of amides is 2. The number of carbonyl (C=O) groups excluding carboxylic acids is 1. The van der Waals surface area contributed by atoms with Gasteiger partial charge in [-0.25, -0.2) is 40.5 Å². The van der Waals surface area contributed by atoms with Gasteiger partial charge in [0, 0.05) is 0 Å². The number of rotatable bonds is 3. The summed E-state index contributed by atoms with van der Waals surface area (Å²) in [5, 5.41) is 2.45. The van der Waals surface area contributed by atoms with Crippen LogP contribution in [-0.2, 0) is 23.0 Å². The lowest BCUT2D eigenvalue weighted by molar-refractivity contribution is -0.00451. The Balaban J connectivity index is 1.78. The summed E-state index contributed by atoms with van der Waals surface area (Å²) in [5.74, 6) is -3.72. The number of nitrogens with zero attached hydrogens (tertiary/aromatic N) is 2. The van der Waals surface area contributed by atoms with E-state index in [1.54, 1.807) is 6.07 Å². The first-order chi connectivity index (χ1) is 15.4. The fourth-order valence-electron chi connectivity index (χ4n) is 3.94. The van der Waals surface area contributed by atoms with Crippen LogP contribution in [0.4, 0.5) is 22.4 Å². The smallest absolute Gasteiger partial charge is 0.318 e. The van der Waals surface area contributed by atoms with E-state index >= 15 is 0 Å². The highest BCUT2D eigenvalue weighted by Crippen LogP contribution is 2.36. The summed E-state index contributed by atoms with van der Waals surface area (Å²) in [7, 11) is -4.02. The number of nitrogens with one attached hydrogen (secondary N) is 2. The van der Waals surface area contributed by atoms with Crippen LogP contribution in [0, 0.1) is 0 Å². The minimum Gasteiger partial charge on any atom is -0.439 e. The molecule has 0 saturated carbocycles. The molecule has 2 atom stereocenters. The topological polar surface area (TPSA) is 101 Å². The maximum absolute atomic E-state index is 14.8. The van der Waals surface area contributed by atoms with Crippen molar-refractivity contribution in [2.24, 2.45) is 0 Å². The summed E-state index contributed by atoms with van der Waals surface area (Å²) in [6.07, 6.45) is -2.23. The first-order valence-corrected chi connectivity index (χ1v) is 11.8. The Kier molecular flexibility index (Phi) is 5.95. The number of hydrogen-bond donors (Lipinski definition) is 2. The quantitative estimate of drug-likeness (QED) is 0.648. The number of alkyl halides is 4. The second-order valence-corrected chi connectivity index (χ2v) is 9.71. The van der Waals surface area contributed by atoms with Gasteiger partial charge in [0.15, 0.2) is 0 Å². The molecule has 2 amide bonds. The van der Waals surface area contributed by atoms with Gasteiger partial charge in [0.25, 0.3) is 12.3 Å². The van der Waals surface area contributed by atoms with E-state index in [2.05, 4.69) is 10.3 Å². The molecule has 0 radical (unpaired) electrons. The van der Waals surface area contributed by atoms with Crippen LogP contribution < -0.4 is 14.8 Å². The zero-order valence-corrected chi connectivity index (χ0v) is 18.1. The molecule has 2 aromatic rings. The number of fused-ring (bicyclic) bond motifs is 5. The molecule has 2 aliphatic rings. The van der Waals surface area contributed by atoms with Crippen molar-refractivity contribution in [1.29, 1.82) is 0 Å². The first-order valence-electron chi connectivity index (χ1n) is 9.87. The molecule has 2 aliphatic heterocycles. The van der Waals surface area contributed by atoms with Gasteiger partial charge in [0.05, 0.1) is 36.6 Å². The number of carbonyl (C=O) groups is 1. The molecule has 4 bridgehead atoms. The summed E-state index contributed by atoms with van der Waals surface area (Å²) >= 11 is 0. The number of halogens is 4. The predicted molar refractivity (Wildman–Crippen MR) is 109 cm³/mol. The van der Waals surface area contributed by atoms with Crippen molar-refractivity contribution in [1.82, 2.24) is 19.9 Å². The average Bonchev–Trinajstić information content (AvgIpc) is 2.95. The normalized spacial score (nSPS) is 22.5. The summed E-state index contributed by atoms with van der Waals surface area (Å²) < 4.78 is 87.5. The van der Waals surface area contributed by atoms with Gasteiger partial charge in [0.1, 0.15) is 11.8 Å². The third-order valence-corrected chi connectivity index (χ3v) is 6.07. The molecule has 0 aliphatic carbocycles. The molecule has 1 saturated heterocycles. The number of urea groups is 1. The van der Waals surface area contributed by atoms with Crippen LogP contribution in [0.25, 0.3) is 0 Å². The van der Waals surface area contributed by atoms with Gasteiger partial charge < -0.3 is 15.0 Å². The highest BCUT2D eigenvalue weighted by molar-refractivity contribution is 7.88. The van der Waals surface area contributed by atoms with E-state index in [0.717, 1.165) is 17.2 Å². The number of benzene rings is 1. The summed E-state index contributed by atoms with van der Waals surface area (Å²) in [6.45, 7) is -1.24. The molecular formula is C20H20F4N4O4S. The third-order valence-electron chi connectivity index (χ3n) is 5.38. The molecule has 33 heavy (non-hydrogen) atoms. The Labute approximate surface area is 187 Å². The highest BCUT2D eigenvalue weighted by Gasteiger charge is 2.56. The first kappa shape index (κ1) is 23.2. The molecule has 0 unspecified atom stereocenters. The third kappa shape index (κ3) is 5.03. The molecule has 178 valence electrons. The second-order valence-electron chi connectivity index (χ2n) is 7.93. The number of pyridine rings is 1. The van der Waals surface area contributed by atoms with Crippen molar-refractivity contribution in [2.75, 3.05) is 12.8 Å². The average molecular weight is 488 g/mol. The van der Waals surface area contributed by atoms with E-state index in [-0.39, 0.29) is 30.3 Å². The number of hydrogen-bond acceptors (Lipinski definition) is 5. The van der Waals surface area contributed by atoms with E-state index in [9.17, 15) is 30.8 Å². The summed E-state index contributed by atoms with van der Waals surface area (Å²) in [4.78, 5) is 17.7. The molecule has 4 rings (SSSR count). The molecule has 0 spiro atoms. The van der Waals surface area contributed by atoms with Crippen LogP contribution >= 0.6 is 0 Å². The van der Waals surface area contributed by atoms with Crippen LogP contribution in [0.15, 0.2) is 36.4 Å². The fourth-order valence-corrected chi connectivity index (χ4v) is 4.73. The number of ether oxygens (including phenoxy) is 1. The predicted octanol–water partition coefficient (Wildman–Crippen LogP) is 2.81. The maximum atomic E-state index is 14.8. The minimum absolute atomic E-state index is 0.139. The van der Waals surface area contributed by atoms with E-state index < -0.39 is 52.6 Å². The molecule has 1 aromatic heterocycles. The van der Waals surface area contributed by atoms with Crippen LogP contribution in [-0.4, -0.2) is 55.1 Å². The van der Waals surface area contributed by atoms with Crippen molar-refractivity contribution >= 4 is 16.1 Å². The van der Waals surface area contributed by atoms with Gasteiger partial charge in [-0.3, -0.25) is 0 Å². The molecule has 3 heterocycles. The molecule has 13 heteroatoms.